The first kappa shape index (κ1) is 20.7. The van der Waals surface area contributed by atoms with Crippen LogP contribution in [0.3, 0.4) is 0 Å². The number of rotatable bonds is 6. The van der Waals surface area contributed by atoms with Gasteiger partial charge >= 0.3 is 6.03 Å². The van der Waals surface area contributed by atoms with Crippen LogP contribution in [0, 0.1) is 6.92 Å². The molecule has 0 fully saturated rings. The number of aryl methyl sites for hydroxylation is 1. The predicted octanol–water partition coefficient (Wildman–Crippen LogP) is 3.10. The third kappa shape index (κ3) is 5.51. The zero-order valence-corrected chi connectivity index (χ0v) is 16.9. The van der Waals surface area contributed by atoms with Crippen LogP contribution < -0.4 is 15.4 Å². The van der Waals surface area contributed by atoms with Crippen molar-refractivity contribution in [1.29, 1.82) is 0 Å². The zero-order chi connectivity index (χ0) is 21.5. The highest BCUT2D eigenvalue weighted by molar-refractivity contribution is 6.01. The van der Waals surface area contributed by atoms with Crippen LogP contribution >= 0.6 is 0 Å². The Bertz CT molecular complexity index is 1020. The second-order valence-corrected chi connectivity index (χ2v) is 6.68. The topological polar surface area (TPSA) is 109 Å². The van der Waals surface area contributed by atoms with E-state index in [2.05, 4.69) is 25.6 Å². The molecular formula is C21H22N6O3. The van der Waals surface area contributed by atoms with Crippen molar-refractivity contribution in [1.82, 2.24) is 19.9 Å². The molecule has 9 nitrogen and oxygen atoms in total. The van der Waals surface area contributed by atoms with Crippen LogP contribution in [0.25, 0.3) is 0 Å². The number of nitrogens with zero attached hydrogens (tertiary/aromatic N) is 4. The summed E-state index contributed by atoms with van der Waals surface area (Å²) in [5.41, 5.74) is 2.45. The highest BCUT2D eigenvalue weighted by Crippen LogP contribution is 2.27. The van der Waals surface area contributed by atoms with Crippen LogP contribution in [0.4, 0.5) is 16.3 Å². The molecule has 2 aromatic heterocycles. The maximum atomic E-state index is 12.4. The van der Waals surface area contributed by atoms with Crippen LogP contribution in [0.2, 0.25) is 0 Å². The summed E-state index contributed by atoms with van der Waals surface area (Å²) < 4.78 is 5.88. The molecular weight excluding hydrogens is 384 g/mol. The number of ether oxygens (including phenoxy) is 1. The molecule has 1 aromatic carbocycles. The van der Waals surface area contributed by atoms with E-state index in [0.29, 0.717) is 22.8 Å². The van der Waals surface area contributed by atoms with Gasteiger partial charge in [-0.2, -0.15) is 0 Å². The van der Waals surface area contributed by atoms with E-state index in [-0.39, 0.29) is 12.5 Å². The Morgan fingerprint density at radius 3 is 2.57 bits per heavy atom. The molecule has 0 saturated heterocycles. The maximum Gasteiger partial charge on any atom is 0.324 e. The quantitative estimate of drug-likeness (QED) is 0.651. The number of pyridine rings is 1. The first-order valence-electron chi connectivity index (χ1n) is 9.16. The lowest BCUT2D eigenvalue weighted by atomic mass is 10.1. The number of anilines is 2. The SMILES string of the molecule is Cc1cnc(NC(=O)Nc2ccc(C(=O)N(C)C)cc2OCc2cccnc2)cn1. The van der Waals surface area contributed by atoms with Gasteiger partial charge in [-0.15, -0.1) is 0 Å². The normalized spacial score (nSPS) is 10.2. The zero-order valence-electron chi connectivity index (χ0n) is 16.9. The van der Waals surface area contributed by atoms with Crippen molar-refractivity contribution >= 4 is 23.4 Å². The molecule has 3 aromatic rings. The smallest absolute Gasteiger partial charge is 0.324 e. The molecule has 0 aliphatic rings. The van der Waals surface area contributed by atoms with E-state index >= 15 is 0 Å². The first-order valence-corrected chi connectivity index (χ1v) is 9.16. The number of urea groups is 1. The summed E-state index contributed by atoms with van der Waals surface area (Å²) in [5.74, 6) is 0.499. The minimum absolute atomic E-state index is 0.174. The Morgan fingerprint density at radius 2 is 1.90 bits per heavy atom. The van der Waals surface area contributed by atoms with Gasteiger partial charge < -0.3 is 15.0 Å². The number of benzene rings is 1. The summed E-state index contributed by atoms with van der Waals surface area (Å²) in [6.07, 6.45) is 6.38. The van der Waals surface area contributed by atoms with Crippen LogP contribution in [0.15, 0.2) is 55.1 Å². The van der Waals surface area contributed by atoms with Crippen molar-refractivity contribution in [3.63, 3.8) is 0 Å². The molecule has 0 radical (unpaired) electrons. The number of aromatic nitrogens is 3. The summed E-state index contributed by atoms with van der Waals surface area (Å²) in [5, 5.41) is 5.33. The Morgan fingerprint density at radius 1 is 1.07 bits per heavy atom. The number of carbonyl (C=O) groups excluding carboxylic acids is 2. The van der Waals surface area contributed by atoms with Gasteiger partial charge in [-0.1, -0.05) is 6.07 Å². The lowest BCUT2D eigenvalue weighted by molar-refractivity contribution is 0.0827. The minimum atomic E-state index is -0.508. The van der Waals surface area contributed by atoms with Gasteiger partial charge in [0.2, 0.25) is 0 Å². The van der Waals surface area contributed by atoms with E-state index in [9.17, 15) is 9.59 Å². The van der Waals surface area contributed by atoms with E-state index in [1.54, 1.807) is 63.9 Å². The van der Waals surface area contributed by atoms with Gasteiger partial charge in [0.25, 0.3) is 5.91 Å². The maximum absolute atomic E-state index is 12.4. The van der Waals surface area contributed by atoms with Crippen LogP contribution in [0.1, 0.15) is 21.6 Å². The second kappa shape index (κ2) is 9.46. The van der Waals surface area contributed by atoms with Crippen molar-refractivity contribution in [2.75, 3.05) is 24.7 Å². The van der Waals surface area contributed by atoms with Crippen molar-refractivity contribution in [2.45, 2.75) is 13.5 Å². The summed E-state index contributed by atoms with van der Waals surface area (Å²) >= 11 is 0. The van der Waals surface area contributed by atoms with Gasteiger partial charge in [-0.05, 0) is 31.2 Å². The van der Waals surface area contributed by atoms with Crippen LogP contribution in [0.5, 0.6) is 5.75 Å². The van der Waals surface area contributed by atoms with Crippen molar-refractivity contribution in [3.8, 4) is 5.75 Å². The number of hydrogen-bond donors (Lipinski definition) is 2. The third-order valence-corrected chi connectivity index (χ3v) is 4.02. The molecule has 30 heavy (non-hydrogen) atoms. The fourth-order valence-electron chi connectivity index (χ4n) is 2.51. The van der Waals surface area contributed by atoms with E-state index in [0.717, 1.165) is 11.3 Å². The van der Waals surface area contributed by atoms with Crippen molar-refractivity contribution in [2.24, 2.45) is 0 Å². The molecule has 0 bridgehead atoms. The first-order chi connectivity index (χ1) is 14.4. The monoisotopic (exact) mass is 406 g/mol. The minimum Gasteiger partial charge on any atom is -0.487 e. The molecule has 3 amide bonds. The highest BCUT2D eigenvalue weighted by atomic mass is 16.5. The Hall–Kier alpha value is -4.01. The van der Waals surface area contributed by atoms with E-state index in [4.69, 9.17) is 4.74 Å². The van der Waals surface area contributed by atoms with Gasteiger partial charge in [-0.3, -0.25) is 20.1 Å². The summed E-state index contributed by atoms with van der Waals surface area (Å²) in [6.45, 7) is 2.03. The summed E-state index contributed by atoms with van der Waals surface area (Å²) in [6, 6.07) is 8.01. The molecule has 2 heterocycles. The molecule has 0 atom stereocenters. The molecule has 2 N–H and O–H groups in total. The van der Waals surface area contributed by atoms with E-state index < -0.39 is 6.03 Å². The predicted molar refractivity (Wildman–Crippen MR) is 112 cm³/mol. The third-order valence-electron chi connectivity index (χ3n) is 4.02. The van der Waals surface area contributed by atoms with Crippen LogP contribution in [-0.4, -0.2) is 45.9 Å². The van der Waals surface area contributed by atoms with E-state index in [1.165, 1.54) is 11.1 Å². The molecule has 9 heteroatoms. The molecule has 0 saturated carbocycles. The largest absolute Gasteiger partial charge is 0.487 e. The fraction of sp³-hybridized carbons (Fsp3) is 0.190. The lowest BCUT2D eigenvalue weighted by Gasteiger charge is -2.16. The molecule has 0 unspecified atom stereocenters. The van der Waals surface area contributed by atoms with Gasteiger partial charge in [0.05, 0.1) is 23.8 Å². The number of carbonyl (C=O) groups is 2. The molecule has 0 aliphatic carbocycles. The summed E-state index contributed by atoms with van der Waals surface area (Å²) in [4.78, 5) is 38.4. The lowest BCUT2D eigenvalue weighted by Crippen LogP contribution is -2.23. The molecule has 3 rings (SSSR count). The number of hydrogen-bond acceptors (Lipinski definition) is 6. The van der Waals surface area contributed by atoms with Crippen molar-refractivity contribution in [3.05, 3.63) is 71.9 Å². The van der Waals surface area contributed by atoms with E-state index in [1.807, 2.05) is 6.07 Å². The number of amides is 3. The Kier molecular flexibility index (Phi) is 6.53. The Labute approximate surface area is 174 Å². The van der Waals surface area contributed by atoms with Crippen LogP contribution in [-0.2, 0) is 6.61 Å². The second-order valence-electron chi connectivity index (χ2n) is 6.68. The fourth-order valence-corrected chi connectivity index (χ4v) is 2.51. The Balaban J connectivity index is 1.79. The number of nitrogens with one attached hydrogen (secondary N) is 2. The van der Waals surface area contributed by atoms with Gasteiger partial charge in [0.15, 0.2) is 5.82 Å². The molecule has 0 aliphatic heterocycles. The van der Waals surface area contributed by atoms with Crippen molar-refractivity contribution < 1.29 is 14.3 Å². The molecule has 0 spiro atoms. The highest BCUT2D eigenvalue weighted by Gasteiger charge is 2.15. The standard InChI is InChI=1S/C21H22N6O3/c1-14-10-24-19(12-23-14)26-21(29)25-17-7-6-16(20(28)27(2)3)9-18(17)30-13-15-5-4-8-22-11-15/h4-12H,13H2,1-3H3,(H2,24,25,26,29). The van der Waals surface area contributed by atoms with Gasteiger partial charge in [-0.25, -0.2) is 9.78 Å². The average molecular weight is 406 g/mol. The summed E-state index contributed by atoms with van der Waals surface area (Å²) in [7, 11) is 3.33. The van der Waals surface area contributed by atoms with Gasteiger partial charge in [0, 0.05) is 37.6 Å². The average Bonchev–Trinajstić information content (AvgIpc) is 2.74. The van der Waals surface area contributed by atoms with Gasteiger partial charge in [0.1, 0.15) is 12.4 Å². The molecule has 154 valence electrons.